The van der Waals surface area contributed by atoms with Crippen LogP contribution in [0.15, 0.2) is 42.5 Å². The first kappa shape index (κ1) is 18.2. The van der Waals surface area contributed by atoms with E-state index in [2.05, 4.69) is 22.1 Å². The summed E-state index contributed by atoms with van der Waals surface area (Å²) in [5, 5.41) is 21.5. The van der Waals surface area contributed by atoms with Crippen molar-refractivity contribution in [3.8, 4) is 22.8 Å². The standard InChI is InChI=1S/C24H27N3O2/c1-27(19-10-15-3-4-16(9-15)11-19)24-8-7-22(25-26-24)21-13-17-5-6-20(29-2)12-18(17)14-23(21)28/h5-8,12-16,19,28H,3-4,9-11H2,1-2H3/t15-,16+,19+. The second kappa shape index (κ2) is 7.21. The van der Waals surface area contributed by atoms with Gasteiger partial charge in [-0.15, -0.1) is 10.2 Å². The number of phenolic OH excluding ortho intramolecular Hbond substituents is 1. The van der Waals surface area contributed by atoms with Crippen molar-refractivity contribution in [2.24, 2.45) is 11.8 Å². The Bertz CT molecular complexity index is 1020. The van der Waals surface area contributed by atoms with E-state index in [4.69, 9.17) is 4.74 Å². The van der Waals surface area contributed by atoms with Gasteiger partial charge in [-0.25, -0.2) is 0 Å². The van der Waals surface area contributed by atoms with Crippen molar-refractivity contribution in [1.82, 2.24) is 10.2 Å². The van der Waals surface area contributed by atoms with Gasteiger partial charge >= 0.3 is 0 Å². The molecule has 2 fully saturated rings. The number of phenols is 1. The summed E-state index contributed by atoms with van der Waals surface area (Å²) in [5.74, 6) is 3.66. The molecule has 3 aromatic rings. The van der Waals surface area contributed by atoms with Crippen molar-refractivity contribution in [2.45, 2.75) is 38.1 Å². The van der Waals surface area contributed by atoms with Crippen LogP contribution in [0.4, 0.5) is 5.82 Å². The zero-order valence-corrected chi connectivity index (χ0v) is 17.0. The number of methoxy groups -OCH3 is 1. The first-order valence-corrected chi connectivity index (χ1v) is 10.5. The minimum atomic E-state index is 0.199. The van der Waals surface area contributed by atoms with Crippen LogP contribution in [0.2, 0.25) is 0 Å². The molecule has 2 aliphatic carbocycles. The molecule has 2 aliphatic rings. The molecule has 2 bridgehead atoms. The van der Waals surface area contributed by atoms with Gasteiger partial charge in [0.15, 0.2) is 5.82 Å². The van der Waals surface area contributed by atoms with Crippen LogP contribution in [0.1, 0.15) is 32.1 Å². The van der Waals surface area contributed by atoms with E-state index < -0.39 is 0 Å². The second-order valence-corrected chi connectivity index (χ2v) is 8.64. The first-order valence-electron chi connectivity index (χ1n) is 10.5. The summed E-state index contributed by atoms with van der Waals surface area (Å²) in [7, 11) is 3.78. The molecular weight excluding hydrogens is 362 g/mol. The number of hydrogen-bond donors (Lipinski definition) is 1. The van der Waals surface area contributed by atoms with E-state index in [-0.39, 0.29) is 5.75 Å². The zero-order chi connectivity index (χ0) is 20.0. The van der Waals surface area contributed by atoms with Crippen LogP contribution in [-0.2, 0) is 0 Å². The van der Waals surface area contributed by atoms with Gasteiger partial charge in [0, 0.05) is 18.7 Å². The zero-order valence-electron chi connectivity index (χ0n) is 17.0. The second-order valence-electron chi connectivity index (χ2n) is 8.64. The number of benzene rings is 2. The minimum absolute atomic E-state index is 0.199. The van der Waals surface area contributed by atoms with E-state index >= 15 is 0 Å². The Morgan fingerprint density at radius 2 is 1.72 bits per heavy atom. The monoisotopic (exact) mass is 389 g/mol. The highest BCUT2D eigenvalue weighted by molar-refractivity contribution is 5.90. The Balaban J connectivity index is 1.40. The van der Waals surface area contributed by atoms with Crippen LogP contribution in [0, 0.1) is 11.8 Å². The van der Waals surface area contributed by atoms with E-state index in [1.165, 1.54) is 32.1 Å². The molecule has 29 heavy (non-hydrogen) atoms. The van der Waals surface area contributed by atoms with Gasteiger partial charge in [-0.3, -0.25) is 0 Å². The number of aromatic nitrogens is 2. The quantitative estimate of drug-likeness (QED) is 0.678. The fourth-order valence-corrected chi connectivity index (χ4v) is 5.23. The van der Waals surface area contributed by atoms with Crippen molar-refractivity contribution >= 4 is 16.6 Å². The number of aromatic hydroxyl groups is 1. The maximum Gasteiger partial charge on any atom is 0.151 e. The van der Waals surface area contributed by atoms with E-state index in [9.17, 15) is 5.11 Å². The van der Waals surface area contributed by atoms with Crippen LogP contribution in [-0.4, -0.2) is 35.5 Å². The van der Waals surface area contributed by atoms with Crippen LogP contribution in [0.3, 0.4) is 0 Å². The lowest BCUT2D eigenvalue weighted by Gasteiger charge is -2.35. The van der Waals surface area contributed by atoms with E-state index in [0.29, 0.717) is 17.3 Å². The molecule has 5 heteroatoms. The molecule has 150 valence electrons. The van der Waals surface area contributed by atoms with Crippen LogP contribution >= 0.6 is 0 Å². The molecule has 0 aliphatic heterocycles. The lowest BCUT2D eigenvalue weighted by molar-refractivity contribution is 0.312. The Hall–Kier alpha value is -2.82. The van der Waals surface area contributed by atoms with Gasteiger partial charge in [0.05, 0.1) is 12.8 Å². The molecule has 0 spiro atoms. The van der Waals surface area contributed by atoms with E-state index in [1.807, 2.05) is 36.4 Å². The third-order valence-corrected chi connectivity index (χ3v) is 6.86. The Labute approximate surface area is 171 Å². The van der Waals surface area contributed by atoms with Crippen molar-refractivity contribution in [1.29, 1.82) is 0 Å². The van der Waals surface area contributed by atoms with Gasteiger partial charge < -0.3 is 14.7 Å². The van der Waals surface area contributed by atoms with Gasteiger partial charge in [-0.1, -0.05) is 18.9 Å². The number of nitrogens with zero attached hydrogens (tertiary/aromatic N) is 3. The number of ether oxygens (including phenoxy) is 1. The molecule has 2 saturated carbocycles. The average molecular weight is 389 g/mol. The molecule has 5 rings (SSSR count). The number of anilines is 1. The molecule has 3 atom stereocenters. The fraction of sp³-hybridized carbons (Fsp3) is 0.417. The number of rotatable bonds is 4. The summed E-state index contributed by atoms with van der Waals surface area (Å²) in [6.45, 7) is 0. The van der Waals surface area contributed by atoms with Gasteiger partial charge in [-0.2, -0.15) is 0 Å². The summed E-state index contributed by atoms with van der Waals surface area (Å²) in [4.78, 5) is 2.30. The third-order valence-electron chi connectivity index (χ3n) is 6.86. The molecule has 1 aromatic heterocycles. The normalized spacial score (nSPS) is 23.3. The minimum Gasteiger partial charge on any atom is -0.507 e. The molecule has 0 radical (unpaired) electrons. The molecule has 2 aromatic carbocycles. The Kier molecular flexibility index (Phi) is 4.53. The molecule has 0 saturated heterocycles. The lowest BCUT2D eigenvalue weighted by atomic mass is 9.85. The van der Waals surface area contributed by atoms with Crippen molar-refractivity contribution in [3.05, 3.63) is 42.5 Å². The largest absolute Gasteiger partial charge is 0.507 e. The smallest absolute Gasteiger partial charge is 0.151 e. The predicted octanol–water partition coefficient (Wildman–Crippen LogP) is 5.03. The van der Waals surface area contributed by atoms with Gasteiger partial charge in [0.1, 0.15) is 11.5 Å². The molecule has 0 unspecified atom stereocenters. The molecule has 5 nitrogen and oxygen atoms in total. The van der Waals surface area contributed by atoms with Crippen molar-refractivity contribution in [3.63, 3.8) is 0 Å². The molecule has 1 heterocycles. The van der Waals surface area contributed by atoms with Crippen molar-refractivity contribution in [2.75, 3.05) is 19.1 Å². The average Bonchev–Trinajstić information content (AvgIpc) is 3.09. The van der Waals surface area contributed by atoms with Crippen LogP contribution in [0.25, 0.3) is 22.0 Å². The number of hydrogen-bond acceptors (Lipinski definition) is 5. The van der Waals surface area contributed by atoms with Gasteiger partial charge in [-0.05, 0) is 78.3 Å². The maximum absolute atomic E-state index is 10.6. The van der Waals surface area contributed by atoms with Crippen molar-refractivity contribution < 1.29 is 9.84 Å². The SMILES string of the molecule is COc1ccc2cc(-c3ccc(N(C)[C@H]4C[C@@H]5CC[C@@H](C5)C4)nn3)c(O)cc2c1. The van der Waals surface area contributed by atoms with Crippen LogP contribution < -0.4 is 9.64 Å². The summed E-state index contributed by atoms with van der Waals surface area (Å²) in [6, 6.07) is 14.1. The van der Waals surface area contributed by atoms with Gasteiger partial charge in [0.2, 0.25) is 0 Å². The summed E-state index contributed by atoms with van der Waals surface area (Å²) < 4.78 is 5.27. The van der Waals surface area contributed by atoms with E-state index in [0.717, 1.165) is 34.2 Å². The third kappa shape index (κ3) is 3.39. The van der Waals surface area contributed by atoms with E-state index in [1.54, 1.807) is 13.2 Å². The fourth-order valence-electron chi connectivity index (χ4n) is 5.23. The summed E-state index contributed by atoms with van der Waals surface area (Å²) in [5.41, 5.74) is 1.38. The summed E-state index contributed by atoms with van der Waals surface area (Å²) >= 11 is 0. The highest BCUT2D eigenvalue weighted by atomic mass is 16.5. The number of fused-ring (bicyclic) bond motifs is 3. The van der Waals surface area contributed by atoms with Gasteiger partial charge in [0.25, 0.3) is 0 Å². The maximum atomic E-state index is 10.6. The molecular formula is C24H27N3O2. The predicted molar refractivity (Wildman–Crippen MR) is 115 cm³/mol. The first-order chi connectivity index (χ1) is 14.1. The molecule has 0 amide bonds. The Morgan fingerprint density at radius 3 is 2.41 bits per heavy atom. The van der Waals surface area contributed by atoms with Crippen LogP contribution in [0.5, 0.6) is 11.5 Å². The molecule has 1 N–H and O–H groups in total. The topological polar surface area (TPSA) is 58.5 Å². The summed E-state index contributed by atoms with van der Waals surface area (Å²) in [6.07, 6.45) is 6.75. The lowest BCUT2D eigenvalue weighted by Crippen LogP contribution is -2.37. The highest BCUT2D eigenvalue weighted by Gasteiger charge is 2.36. The highest BCUT2D eigenvalue weighted by Crippen LogP contribution is 2.44. The Morgan fingerprint density at radius 1 is 0.931 bits per heavy atom.